The van der Waals surface area contributed by atoms with E-state index in [4.69, 9.17) is 0 Å². The molecule has 1 saturated heterocycles. The number of hydrogen-bond donors (Lipinski definition) is 2. The van der Waals surface area contributed by atoms with E-state index in [0.29, 0.717) is 0 Å². The van der Waals surface area contributed by atoms with Crippen molar-refractivity contribution in [3.8, 4) is 5.75 Å². The lowest BCUT2D eigenvalue weighted by atomic mass is 9.75. The average molecular weight is 413 g/mol. The maximum atomic E-state index is 11.4. The molecular weight excluding hydrogens is 372 g/mol. The van der Waals surface area contributed by atoms with Crippen molar-refractivity contribution in [2.45, 2.75) is 44.6 Å². The highest BCUT2D eigenvalue weighted by Gasteiger charge is 2.42. The summed E-state index contributed by atoms with van der Waals surface area (Å²) in [5.74, 6) is 0.376. The first-order valence-corrected chi connectivity index (χ1v) is 11.3. The van der Waals surface area contributed by atoms with Crippen LogP contribution in [0.15, 0.2) is 60.7 Å². The molecule has 2 aromatic carbocycles. The van der Waals surface area contributed by atoms with E-state index in [1.54, 1.807) is 12.1 Å². The molecule has 166 valence electrons. The van der Waals surface area contributed by atoms with Crippen molar-refractivity contribution in [2.75, 3.05) is 40.3 Å². The van der Waals surface area contributed by atoms with Gasteiger partial charge in [0.2, 0.25) is 0 Å². The van der Waals surface area contributed by atoms with Crippen molar-refractivity contribution in [3.05, 3.63) is 66.2 Å². The summed E-state index contributed by atoms with van der Waals surface area (Å²) in [4.78, 5) is 4.65. The van der Waals surface area contributed by atoms with Gasteiger partial charge in [-0.1, -0.05) is 74.7 Å². The number of hydrogen-bond acceptors (Lipinski definition) is 4. The summed E-state index contributed by atoms with van der Waals surface area (Å²) in [7, 11) is 4.12. The van der Waals surface area contributed by atoms with Gasteiger partial charge in [0.05, 0.1) is 5.60 Å². The molecule has 2 aromatic rings. The van der Waals surface area contributed by atoms with E-state index < -0.39 is 5.60 Å². The van der Waals surface area contributed by atoms with Gasteiger partial charge in [-0.15, -0.1) is 0 Å². The Morgan fingerprint density at radius 1 is 1.00 bits per heavy atom. The lowest BCUT2D eigenvalue weighted by molar-refractivity contribution is -0.0847. The van der Waals surface area contributed by atoms with Crippen LogP contribution in [-0.4, -0.2) is 60.3 Å². The van der Waals surface area contributed by atoms with Gasteiger partial charge in [0.15, 0.2) is 0 Å². The van der Waals surface area contributed by atoms with Crippen LogP contribution >= 0.6 is 0 Å². The molecule has 4 nitrogen and oxygen atoms in total. The van der Waals surface area contributed by atoms with Gasteiger partial charge in [0.1, 0.15) is 5.75 Å². The number of piperidine rings is 1. The van der Waals surface area contributed by atoms with Gasteiger partial charge in [0, 0.05) is 25.6 Å². The van der Waals surface area contributed by atoms with Gasteiger partial charge in [-0.25, -0.2) is 0 Å². The minimum absolute atomic E-state index is 0.147. The third-order valence-electron chi connectivity index (χ3n) is 5.89. The highest BCUT2D eigenvalue weighted by Crippen LogP contribution is 2.38. The highest BCUT2D eigenvalue weighted by molar-refractivity contribution is 5.32. The number of aliphatic hydroxyl groups is 1. The molecule has 0 aliphatic carbocycles. The Bertz CT molecular complexity index is 680. The van der Waals surface area contributed by atoms with Crippen LogP contribution in [0.1, 0.15) is 44.6 Å². The van der Waals surface area contributed by atoms with Crippen LogP contribution in [-0.2, 0) is 5.60 Å². The van der Waals surface area contributed by atoms with Crippen molar-refractivity contribution >= 4 is 0 Å². The van der Waals surface area contributed by atoms with Gasteiger partial charge in [-0.2, -0.15) is 0 Å². The molecule has 2 N–H and O–H groups in total. The van der Waals surface area contributed by atoms with Gasteiger partial charge >= 0.3 is 0 Å². The molecule has 3 rings (SSSR count). The second-order valence-corrected chi connectivity index (χ2v) is 8.70. The molecule has 0 spiro atoms. The smallest absolute Gasteiger partial charge is 0.115 e. The number of aromatic hydroxyl groups is 1. The van der Waals surface area contributed by atoms with Crippen LogP contribution in [0.4, 0.5) is 0 Å². The maximum absolute atomic E-state index is 11.4. The molecule has 0 saturated carbocycles. The largest absolute Gasteiger partial charge is 0.508 e. The molecule has 1 fully saturated rings. The zero-order valence-electron chi connectivity index (χ0n) is 19.0. The molecule has 30 heavy (non-hydrogen) atoms. The highest BCUT2D eigenvalue weighted by atomic mass is 16.3. The van der Waals surface area contributed by atoms with Crippen molar-refractivity contribution in [1.82, 2.24) is 9.80 Å². The Morgan fingerprint density at radius 2 is 1.67 bits per heavy atom. The van der Waals surface area contributed by atoms with E-state index in [2.05, 4.69) is 30.8 Å². The van der Waals surface area contributed by atoms with Crippen molar-refractivity contribution in [1.29, 1.82) is 0 Å². The number of benzene rings is 2. The van der Waals surface area contributed by atoms with Crippen LogP contribution in [0.3, 0.4) is 0 Å². The zero-order valence-corrected chi connectivity index (χ0v) is 19.0. The summed E-state index contributed by atoms with van der Waals surface area (Å²) in [6.45, 7) is 6.04. The van der Waals surface area contributed by atoms with E-state index >= 15 is 0 Å². The minimum Gasteiger partial charge on any atom is -0.508 e. The Hall–Kier alpha value is -1.88. The van der Waals surface area contributed by atoms with Gasteiger partial charge in [0.25, 0.3) is 0 Å². The van der Waals surface area contributed by atoms with Crippen molar-refractivity contribution < 1.29 is 10.2 Å². The Kier molecular flexibility index (Phi) is 10.4. The average Bonchev–Trinajstić information content (AvgIpc) is 2.75. The maximum Gasteiger partial charge on any atom is 0.115 e. The fraction of sp³-hybridized carbons (Fsp3) is 0.538. The first kappa shape index (κ1) is 24.4. The van der Waals surface area contributed by atoms with Gasteiger partial charge < -0.3 is 20.0 Å². The first-order chi connectivity index (χ1) is 14.5. The van der Waals surface area contributed by atoms with Gasteiger partial charge in [-0.05, 0) is 51.2 Å². The number of phenols is 1. The summed E-state index contributed by atoms with van der Waals surface area (Å²) in [5, 5.41) is 21.3. The van der Waals surface area contributed by atoms with Crippen LogP contribution in [0.5, 0.6) is 5.75 Å². The molecule has 2 unspecified atom stereocenters. The summed E-state index contributed by atoms with van der Waals surface area (Å²) in [6.07, 6.45) is 5.83. The standard InChI is InChI=1S/C20H34N2O2.C6H6/c1-4-5-6-7-12-22-13-11-20(24,18(16-22)15-21(2)3)17-9-8-10-19(23)14-17;1-2-4-6-5-3-1/h8-10,14,18,23-24H,4-7,11-13,15-16H2,1-3H3;1-6H. The SMILES string of the molecule is CCCCCCN1CCC(O)(c2cccc(O)c2)C(CN(C)C)C1.c1ccccc1. The number of nitrogens with zero attached hydrogens (tertiary/aromatic N) is 2. The first-order valence-electron chi connectivity index (χ1n) is 11.3. The molecule has 1 aliphatic rings. The molecule has 0 aromatic heterocycles. The predicted octanol–water partition coefficient (Wildman–Crippen LogP) is 4.73. The molecule has 1 heterocycles. The predicted molar refractivity (Wildman–Crippen MR) is 126 cm³/mol. The molecule has 1 aliphatic heterocycles. The van der Waals surface area contributed by atoms with Gasteiger partial charge in [-0.3, -0.25) is 0 Å². The van der Waals surface area contributed by atoms with Crippen LogP contribution in [0.2, 0.25) is 0 Å². The number of likely N-dealkylation sites (tertiary alicyclic amines) is 1. The van der Waals surface area contributed by atoms with Crippen molar-refractivity contribution in [3.63, 3.8) is 0 Å². The molecule has 0 radical (unpaired) electrons. The third-order valence-corrected chi connectivity index (χ3v) is 5.89. The van der Waals surface area contributed by atoms with Crippen molar-refractivity contribution in [2.24, 2.45) is 5.92 Å². The summed E-state index contributed by atoms with van der Waals surface area (Å²) in [5.41, 5.74) is -0.0110. The van der Waals surface area contributed by atoms with E-state index in [1.165, 1.54) is 25.7 Å². The second kappa shape index (κ2) is 12.7. The molecular formula is C26H40N2O2. The topological polar surface area (TPSA) is 46.9 Å². The molecule has 0 bridgehead atoms. The van der Waals surface area contributed by atoms with Crippen LogP contribution < -0.4 is 0 Å². The Labute approximate surface area is 183 Å². The van der Waals surface area contributed by atoms with E-state index in [1.807, 2.05) is 48.5 Å². The monoisotopic (exact) mass is 412 g/mol. The summed E-state index contributed by atoms with van der Waals surface area (Å²) < 4.78 is 0. The quantitative estimate of drug-likeness (QED) is 0.616. The Morgan fingerprint density at radius 3 is 2.23 bits per heavy atom. The zero-order chi connectivity index (χ0) is 21.8. The van der Waals surface area contributed by atoms with E-state index in [9.17, 15) is 10.2 Å². The van der Waals surface area contributed by atoms with E-state index in [0.717, 1.165) is 38.2 Å². The number of unbranched alkanes of at least 4 members (excludes halogenated alkanes) is 3. The number of rotatable bonds is 8. The molecule has 2 atom stereocenters. The fourth-order valence-electron chi connectivity index (χ4n) is 4.24. The number of phenolic OH excluding ortho intramolecular Hbond substituents is 1. The minimum atomic E-state index is -0.858. The summed E-state index contributed by atoms with van der Waals surface area (Å²) in [6, 6.07) is 19.2. The molecule has 0 amide bonds. The third kappa shape index (κ3) is 7.75. The molecule has 4 heteroatoms. The van der Waals surface area contributed by atoms with Crippen LogP contribution in [0, 0.1) is 5.92 Å². The lowest BCUT2D eigenvalue weighted by Gasteiger charge is -2.46. The fourth-order valence-corrected chi connectivity index (χ4v) is 4.24. The van der Waals surface area contributed by atoms with E-state index in [-0.39, 0.29) is 11.7 Å². The normalized spacial score (nSPS) is 21.8. The second-order valence-electron chi connectivity index (χ2n) is 8.70. The van der Waals surface area contributed by atoms with Crippen LogP contribution in [0.25, 0.3) is 0 Å². The lowest BCUT2D eigenvalue weighted by Crippen LogP contribution is -2.53. The summed E-state index contributed by atoms with van der Waals surface area (Å²) >= 11 is 0. The Balaban J connectivity index is 0.000000456.